The standard InChI is InChI=1S/C12H16N4/c1-11-4-7-16(15-11)8-6-14-10-12-3-2-5-13-9-12/h2-5,7,9,14H,6,8,10H2,1H3. The second-order valence-electron chi connectivity index (χ2n) is 3.76. The number of aryl methyl sites for hydroxylation is 1. The van der Waals surface area contributed by atoms with Gasteiger partial charge in [-0.2, -0.15) is 5.10 Å². The maximum absolute atomic E-state index is 4.32. The Morgan fingerprint density at radius 2 is 2.31 bits per heavy atom. The van der Waals surface area contributed by atoms with Gasteiger partial charge in [0.2, 0.25) is 0 Å². The van der Waals surface area contributed by atoms with Crippen molar-refractivity contribution >= 4 is 0 Å². The lowest BCUT2D eigenvalue weighted by Gasteiger charge is -2.04. The maximum Gasteiger partial charge on any atom is 0.0593 e. The van der Waals surface area contributed by atoms with Crippen LogP contribution in [0.1, 0.15) is 11.3 Å². The SMILES string of the molecule is Cc1ccn(CCNCc2cccnc2)n1. The lowest BCUT2D eigenvalue weighted by molar-refractivity contribution is 0.552. The summed E-state index contributed by atoms with van der Waals surface area (Å²) in [6.07, 6.45) is 5.67. The highest BCUT2D eigenvalue weighted by Gasteiger charge is 1.94. The molecule has 1 N–H and O–H groups in total. The molecule has 2 aromatic heterocycles. The third-order valence-corrected chi connectivity index (χ3v) is 2.34. The highest BCUT2D eigenvalue weighted by Crippen LogP contribution is 1.94. The van der Waals surface area contributed by atoms with Crippen LogP contribution in [0.15, 0.2) is 36.8 Å². The van der Waals surface area contributed by atoms with E-state index in [1.807, 2.05) is 36.1 Å². The van der Waals surface area contributed by atoms with Crippen LogP contribution in [0.3, 0.4) is 0 Å². The fourth-order valence-corrected chi connectivity index (χ4v) is 1.52. The van der Waals surface area contributed by atoms with Crippen LogP contribution in [0.25, 0.3) is 0 Å². The predicted octanol–water partition coefficient (Wildman–Crippen LogP) is 1.38. The quantitative estimate of drug-likeness (QED) is 0.768. The van der Waals surface area contributed by atoms with Crippen molar-refractivity contribution in [2.75, 3.05) is 6.54 Å². The van der Waals surface area contributed by atoms with E-state index in [9.17, 15) is 0 Å². The van der Waals surface area contributed by atoms with Gasteiger partial charge in [0.1, 0.15) is 0 Å². The van der Waals surface area contributed by atoms with Gasteiger partial charge in [-0.15, -0.1) is 0 Å². The van der Waals surface area contributed by atoms with Gasteiger partial charge in [-0.1, -0.05) is 6.07 Å². The molecular formula is C12H16N4. The van der Waals surface area contributed by atoms with Crippen LogP contribution in [0.5, 0.6) is 0 Å². The average Bonchev–Trinajstić information content (AvgIpc) is 2.72. The number of nitrogens with one attached hydrogen (secondary N) is 1. The Bertz CT molecular complexity index is 422. The molecule has 0 amide bonds. The molecule has 2 rings (SSSR count). The molecular weight excluding hydrogens is 200 g/mol. The predicted molar refractivity (Wildman–Crippen MR) is 62.9 cm³/mol. The van der Waals surface area contributed by atoms with Crippen molar-refractivity contribution in [1.82, 2.24) is 20.1 Å². The van der Waals surface area contributed by atoms with Crippen LogP contribution < -0.4 is 5.32 Å². The van der Waals surface area contributed by atoms with Gasteiger partial charge in [0.15, 0.2) is 0 Å². The molecule has 0 atom stereocenters. The third-order valence-electron chi connectivity index (χ3n) is 2.34. The Labute approximate surface area is 95.3 Å². The zero-order valence-corrected chi connectivity index (χ0v) is 9.43. The van der Waals surface area contributed by atoms with Gasteiger partial charge in [0.05, 0.1) is 12.2 Å². The van der Waals surface area contributed by atoms with Gasteiger partial charge < -0.3 is 5.32 Å². The summed E-state index contributed by atoms with van der Waals surface area (Å²) in [5, 5.41) is 7.68. The molecule has 0 unspecified atom stereocenters. The van der Waals surface area contributed by atoms with Crippen LogP contribution in [-0.4, -0.2) is 21.3 Å². The summed E-state index contributed by atoms with van der Waals surface area (Å²) in [5.41, 5.74) is 2.27. The van der Waals surface area contributed by atoms with Crippen molar-refractivity contribution < 1.29 is 0 Å². The minimum atomic E-state index is 0.855. The molecule has 0 bridgehead atoms. The van der Waals surface area contributed by atoms with E-state index in [0.29, 0.717) is 0 Å². The third kappa shape index (κ3) is 3.17. The maximum atomic E-state index is 4.32. The van der Waals surface area contributed by atoms with Crippen LogP contribution in [0.2, 0.25) is 0 Å². The second-order valence-corrected chi connectivity index (χ2v) is 3.76. The van der Waals surface area contributed by atoms with Gasteiger partial charge in [-0.05, 0) is 24.6 Å². The molecule has 84 valence electrons. The van der Waals surface area contributed by atoms with Gasteiger partial charge in [-0.25, -0.2) is 0 Å². The fraction of sp³-hybridized carbons (Fsp3) is 0.333. The van der Waals surface area contributed by atoms with Gasteiger partial charge >= 0.3 is 0 Å². The second kappa shape index (κ2) is 5.42. The Hall–Kier alpha value is -1.68. The molecule has 2 heterocycles. The van der Waals surface area contributed by atoms with Gasteiger partial charge in [0, 0.05) is 31.7 Å². The molecule has 0 aliphatic rings. The van der Waals surface area contributed by atoms with Crippen LogP contribution in [0.4, 0.5) is 0 Å². The first-order chi connectivity index (χ1) is 7.84. The minimum Gasteiger partial charge on any atom is -0.311 e. The molecule has 4 nitrogen and oxygen atoms in total. The molecule has 0 radical (unpaired) electrons. The summed E-state index contributed by atoms with van der Waals surface area (Å²) in [7, 11) is 0. The lowest BCUT2D eigenvalue weighted by Crippen LogP contribution is -2.19. The van der Waals surface area contributed by atoms with E-state index in [0.717, 1.165) is 25.3 Å². The van der Waals surface area contributed by atoms with Crippen molar-refractivity contribution in [3.8, 4) is 0 Å². The Morgan fingerprint density at radius 3 is 3.00 bits per heavy atom. The van der Waals surface area contributed by atoms with E-state index >= 15 is 0 Å². The van der Waals surface area contributed by atoms with E-state index in [4.69, 9.17) is 0 Å². The summed E-state index contributed by atoms with van der Waals surface area (Å²) in [6, 6.07) is 6.03. The van der Waals surface area contributed by atoms with Crippen molar-refractivity contribution in [2.24, 2.45) is 0 Å². The summed E-state index contributed by atoms with van der Waals surface area (Å²) in [5.74, 6) is 0. The zero-order valence-electron chi connectivity index (χ0n) is 9.43. The van der Waals surface area contributed by atoms with Crippen molar-refractivity contribution in [1.29, 1.82) is 0 Å². The Balaban J connectivity index is 1.69. The molecule has 0 saturated carbocycles. The largest absolute Gasteiger partial charge is 0.311 e. The highest BCUT2D eigenvalue weighted by molar-refractivity contribution is 5.07. The van der Waals surface area contributed by atoms with Crippen molar-refractivity contribution in [3.63, 3.8) is 0 Å². The zero-order chi connectivity index (χ0) is 11.2. The molecule has 0 aromatic carbocycles. The molecule has 0 fully saturated rings. The number of aromatic nitrogens is 3. The van der Waals surface area contributed by atoms with E-state index in [1.54, 1.807) is 6.20 Å². The number of nitrogens with zero attached hydrogens (tertiary/aromatic N) is 3. The number of pyridine rings is 1. The Kier molecular flexibility index (Phi) is 3.66. The van der Waals surface area contributed by atoms with E-state index in [2.05, 4.69) is 21.5 Å². The summed E-state index contributed by atoms with van der Waals surface area (Å²) in [4.78, 5) is 4.07. The number of hydrogen-bond acceptors (Lipinski definition) is 3. The molecule has 16 heavy (non-hydrogen) atoms. The van der Waals surface area contributed by atoms with E-state index in [1.165, 1.54) is 5.56 Å². The molecule has 0 aliphatic heterocycles. The summed E-state index contributed by atoms with van der Waals surface area (Å²) >= 11 is 0. The first-order valence-corrected chi connectivity index (χ1v) is 5.44. The van der Waals surface area contributed by atoms with E-state index < -0.39 is 0 Å². The number of rotatable bonds is 5. The monoisotopic (exact) mass is 216 g/mol. The van der Waals surface area contributed by atoms with Crippen LogP contribution in [0, 0.1) is 6.92 Å². The summed E-state index contributed by atoms with van der Waals surface area (Å²) in [6.45, 7) is 4.66. The highest BCUT2D eigenvalue weighted by atomic mass is 15.3. The number of hydrogen-bond donors (Lipinski definition) is 1. The van der Waals surface area contributed by atoms with Crippen molar-refractivity contribution in [2.45, 2.75) is 20.0 Å². The van der Waals surface area contributed by atoms with Crippen molar-refractivity contribution in [3.05, 3.63) is 48.0 Å². The first-order valence-electron chi connectivity index (χ1n) is 5.44. The Morgan fingerprint density at radius 1 is 1.38 bits per heavy atom. The normalized spacial score (nSPS) is 10.6. The lowest BCUT2D eigenvalue weighted by atomic mass is 10.3. The molecule has 0 saturated heterocycles. The average molecular weight is 216 g/mol. The van der Waals surface area contributed by atoms with Gasteiger partial charge in [-0.3, -0.25) is 9.67 Å². The van der Waals surface area contributed by atoms with Crippen LogP contribution >= 0.6 is 0 Å². The first kappa shape index (κ1) is 10.8. The molecule has 0 aliphatic carbocycles. The molecule has 0 spiro atoms. The molecule has 2 aromatic rings. The topological polar surface area (TPSA) is 42.7 Å². The molecule has 4 heteroatoms. The summed E-state index contributed by atoms with van der Waals surface area (Å²) < 4.78 is 1.95. The smallest absolute Gasteiger partial charge is 0.0593 e. The van der Waals surface area contributed by atoms with E-state index in [-0.39, 0.29) is 0 Å². The van der Waals surface area contributed by atoms with Crippen LogP contribution in [-0.2, 0) is 13.1 Å². The minimum absolute atomic E-state index is 0.855. The fourth-order valence-electron chi connectivity index (χ4n) is 1.52. The van der Waals surface area contributed by atoms with Gasteiger partial charge in [0.25, 0.3) is 0 Å².